The highest BCUT2D eigenvalue weighted by Gasteiger charge is 2.16. The summed E-state index contributed by atoms with van der Waals surface area (Å²) in [6.45, 7) is 8.21. The first-order chi connectivity index (χ1) is 10.6. The molecule has 2 aromatic rings. The van der Waals surface area contributed by atoms with Gasteiger partial charge in [0.1, 0.15) is 17.5 Å². The highest BCUT2D eigenvalue weighted by atomic mass is 15.3. The number of hydrogen-bond acceptors (Lipinski definition) is 5. The number of nitrogens with zero attached hydrogens (tertiary/aromatic N) is 4. The molecule has 2 heterocycles. The normalized spacial score (nSPS) is 15.9. The summed E-state index contributed by atoms with van der Waals surface area (Å²) in [4.78, 5) is 13.8. The fourth-order valence-corrected chi connectivity index (χ4v) is 2.66. The third-order valence-corrected chi connectivity index (χ3v) is 4.06. The number of para-hydroxylation sites is 1. The van der Waals surface area contributed by atoms with Crippen LogP contribution in [0.25, 0.3) is 0 Å². The van der Waals surface area contributed by atoms with Gasteiger partial charge >= 0.3 is 0 Å². The van der Waals surface area contributed by atoms with Crippen LogP contribution >= 0.6 is 0 Å². The molecule has 1 aliphatic rings. The van der Waals surface area contributed by atoms with E-state index >= 15 is 0 Å². The van der Waals surface area contributed by atoms with Crippen molar-refractivity contribution in [1.82, 2.24) is 14.9 Å². The molecular formula is C17H23N5. The molecule has 5 heteroatoms. The maximum atomic E-state index is 4.60. The Bertz CT molecular complexity index is 647. The lowest BCUT2D eigenvalue weighted by Gasteiger charge is -2.33. The van der Waals surface area contributed by atoms with Gasteiger partial charge in [0.15, 0.2) is 0 Å². The van der Waals surface area contributed by atoms with Crippen LogP contribution in [0.2, 0.25) is 0 Å². The van der Waals surface area contributed by atoms with E-state index in [2.05, 4.69) is 51.2 Å². The Morgan fingerprint density at radius 2 is 1.73 bits per heavy atom. The lowest BCUT2D eigenvalue weighted by Crippen LogP contribution is -2.44. The van der Waals surface area contributed by atoms with Crippen molar-refractivity contribution in [3.63, 3.8) is 0 Å². The van der Waals surface area contributed by atoms with Crippen LogP contribution in [0.3, 0.4) is 0 Å². The molecule has 0 spiro atoms. The van der Waals surface area contributed by atoms with E-state index < -0.39 is 0 Å². The molecule has 0 bridgehead atoms. The van der Waals surface area contributed by atoms with Crippen LogP contribution < -0.4 is 10.2 Å². The van der Waals surface area contributed by atoms with Crippen molar-refractivity contribution in [2.24, 2.45) is 0 Å². The second-order valence-corrected chi connectivity index (χ2v) is 5.89. The summed E-state index contributed by atoms with van der Waals surface area (Å²) in [5.41, 5.74) is 2.30. The van der Waals surface area contributed by atoms with Crippen LogP contribution in [0.5, 0.6) is 0 Å². The zero-order valence-corrected chi connectivity index (χ0v) is 13.5. The van der Waals surface area contributed by atoms with Gasteiger partial charge in [-0.25, -0.2) is 9.97 Å². The van der Waals surface area contributed by atoms with Gasteiger partial charge in [0.2, 0.25) is 0 Å². The number of aromatic nitrogens is 2. The van der Waals surface area contributed by atoms with Gasteiger partial charge < -0.3 is 15.1 Å². The van der Waals surface area contributed by atoms with Gasteiger partial charge in [-0.05, 0) is 32.5 Å². The standard InChI is InChI=1S/C17H23N5/c1-13-6-4-5-7-15(13)20-16-12-17(19-14(2)18-16)22-10-8-21(3)9-11-22/h4-7,12H,8-11H2,1-3H3,(H,18,19,20). The van der Waals surface area contributed by atoms with Crippen molar-refractivity contribution in [1.29, 1.82) is 0 Å². The summed E-state index contributed by atoms with van der Waals surface area (Å²) in [6, 6.07) is 10.3. The molecule has 5 nitrogen and oxygen atoms in total. The molecular weight excluding hydrogens is 274 g/mol. The summed E-state index contributed by atoms with van der Waals surface area (Å²) in [5, 5.41) is 3.41. The number of piperazine rings is 1. The van der Waals surface area contributed by atoms with Gasteiger partial charge in [-0.3, -0.25) is 0 Å². The van der Waals surface area contributed by atoms with E-state index in [1.807, 2.05) is 25.1 Å². The zero-order chi connectivity index (χ0) is 15.5. The molecule has 1 aliphatic heterocycles. The highest BCUT2D eigenvalue weighted by Crippen LogP contribution is 2.22. The predicted molar refractivity (Wildman–Crippen MR) is 90.9 cm³/mol. The first kappa shape index (κ1) is 14.8. The van der Waals surface area contributed by atoms with Crippen molar-refractivity contribution in [2.75, 3.05) is 43.4 Å². The molecule has 3 rings (SSSR count). The molecule has 1 N–H and O–H groups in total. The third kappa shape index (κ3) is 3.36. The van der Waals surface area contributed by atoms with E-state index in [-0.39, 0.29) is 0 Å². The summed E-state index contributed by atoms with van der Waals surface area (Å²) < 4.78 is 0. The predicted octanol–water partition coefficient (Wildman–Crippen LogP) is 2.59. The Morgan fingerprint density at radius 1 is 1.00 bits per heavy atom. The Balaban J connectivity index is 1.82. The molecule has 1 saturated heterocycles. The number of hydrogen-bond donors (Lipinski definition) is 1. The summed E-state index contributed by atoms with van der Waals surface area (Å²) in [7, 11) is 2.16. The van der Waals surface area contributed by atoms with Gasteiger partial charge in [0, 0.05) is 37.9 Å². The SMILES string of the molecule is Cc1nc(Nc2ccccc2C)cc(N2CCN(C)CC2)n1. The topological polar surface area (TPSA) is 44.3 Å². The van der Waals surface area contributed by atoms with Crippen LogP contribution in [0, 0.1) is 13.8 Å². The van der Waals surface area contributed by atoms with Crippen molar-refractivity contribution in [3.8, 4) is 0 Å². The van der Waals surface area contributed by atoms with Crippen LogP contribution in [0.1, 0.15) is 11.4 Å². The zero-order valence-electron chi connectivity index (χ0n) is 13.5. The summed E-state index contributed by atoms with van der Waals surface area (Å²) in [5.74, 6) is 2.67. The number of aryl methyl sites for hydroxylation is 2. The number of nitrogens with one attached hydrogen (secondary N) is 1. The minimum Gasteiger partial charge on any atom is -0.354 e. The molecule has 22 heavy (non-hydrogen) atoms. The van der Waals surface area contributed by atoms with E-state index in [4.69, 9.17) is 0 Å². The van der Waals surface area contributed by atoms with E-state index in [0.717, 1.165) is 49.3 Å². The molecule has 0 atom stereocenters. The Hall–Kier alpha value is -2.14. The average molecular weight is 297 g/mol. The minimum absolute atomic E-state index is 0.799. The number of likely N-dealkylation sites (N-methyl/N-ethyl adjacent to an activating group) is 1. The van der Waals surface area contributed by atoms with Gasteiger partial charge in [-0.1, -0.05) is 18.2 Å². The quantitative estimate of drug-likeness (QED) is 0.943. The van der Waals surface area contributed by atoms with Crippen molar-refractivity contribution in [2.45, 2.75) is 13.8 Å². The second kappa shape index (κ2) is 6.32. The molecule has 1 aromatic heterocycles. The van der Waals surface area contributed by atoms with Crippen LogP contribution in [0.15, 0.2) is 30.3 Å². The first-order valence-corrected chi connectivity index (χ1v) is 7.73. The van der Waals surface area contributed by atoms with Crippen molar-refractivity contribution in [3.05, 3.63) is 41.7 Å². The van der Waals surface area contributed by atoms with E-state index in [9.17, 15) is 0 Å². The Morgan fingerprint density at radius 3 is 2.45 bits per heavy atom. The third-order valence-electron chi connectivity index (χ3n) is 4.06. The molecule has 1 aromatic carbocycles. The molecule has 0 unspecified atom stereocenters. The van der Waals surface area contributed by atoms with Crippen molar-refractivity contribution >= 4 is 17.3 Å². The minimum atomic E-state index is 0.799. The molecule has 0 radical (unpaired) electrons. The lowest BCUT2D eigenvalue weighted by molar-refractivity contribution is 0.312. The maximum Gasteiger partial charge on any atom is 0.136 e. The molecule has 116 valence electrons. The van der Waals surface area contributed by atoms with E-state index in [1.54, 1.807) is 0 Å². The monoisotopic (exact) mass is 297 g/mol. The number of anilines is 3. The summed E-state index contributed by atoms with van der Waals surface area (Å²) in [6.07, 6.45) is 0. The summed E-state index contributed by atoms with van der Waals surface area (Å²) >= 11 is 0. The van der Waals surface area contributed by atoms with Gasteiger partial charge in [0.25, 0.3) is 0 Å². The number of benzene rings is 1. The second-order valence-electron chi connectivity index (χ2n) is 5.89. The van der Waals surface area contributed by atoms with Crippen LogP contribution in [-0.2, 0) is 0 Å². The largest absolute Gasteiger partial charge is 0.354 e. The van der Waals surface area contributed by atoms with Crippen molar-refractivity contribution < 1.29 is 0 Å². The van der Waals surface area contributed by atoms with Crippen LogP contribution in [0.4, 0.5) is 17.3 Å². The first-order valence-electron chi connectivity index (χ1n) is 7.73. The smallest absolute Gasteiger partial charge is 0.136 e. The van der Waals surface area contributed by atoms with Gasteiger partial charge in [-0.15, -0.1) is 0 Å². The Kier molecular flexibility index (Phi) is 4.24. The van der Waals surface area contributed by atoms with E-state index in [0.29, 0.717) is 0 Å². The molecule has 0 saturated carbocycles. The average Bonchev–Trinajstić information content (AvgIpc) is 2.50. The lowest BCUT2D eigenvalue weighted by atomic mass is 10.2. The highest BCUT2D eigenvalue weighted by molar-refractivity contribution is 5.62. The molecule has 1 fully saturated rings. The van der Waals surface area contributed by atoms with E-state index in [1.165, 1.54) is 5.56 Å². The Labute approximate surface area is 132 Å². The fraction of sp³-hybridized carbons (Fsp3) is 0.412. The fourth-order valence-electron chi connectivity index (χ4n) is 2.66. The van der Waals surface area contributed by atoms with Gasteiger partial charge in [-0.2, -0.15) is 0 Å². The number of rotatable bonds is 3. The van der Waals surface area contributed by atoms with Gasteiger partial charge in [0.05, 0.1) is 0 Å². The molecule has 0 amide bonds. The van der Waals surface area contributed by atoms with Crippen LogP contribution in [-0.4, -0.2) is 48.1 Å². The molecule has 0 aliphatic carbocycles. The maximum absolute atomic E-state index is 4.60.